The zero-order valence-electron chi connectivity index (χ0n) is 8.06. The Labute approximate surface area is 70.2 Å². The first-order chi connectivity index (χ1) is 5.08. The van der Waals surface area contributed by atoms with Crippen molar-refractivity contribution in [3.63, 3.8) is 0 Å². The molecule has 0 aliphatic carbocycles. The van der Waals surface area contributed by atoms with Crippen LogP contribution in [-0.4, -0.2) is 44.8 Å². The first-order valence-electron chi connectivity index (χ1n) is 4.62. The molecule has 1 atom stereocenters. The summed E-state index contributed by atoms with van der Waals surface area (Å²) in [6.45, 7) is 2.53. The molecule has 0 aromatic carbocycles. The van der Waals surface area contributed by atoms with E-state index in [0.29, 0.717) is 0 Å². The van der Waals surface area contributed by atoms with Gasteiger partial charge >= 0.3 is 0 Å². The van der Waals surface area contributed by atoms with Crippen molar-refractivity contribution < 1.29 is 4.48 Å². The quantitative estimate of drug-likeness (QED) is 0.598. The molecule has 1 rings (SSSR count). The van der Waals surface area contributed by atoms with Crippen LogP contribution in [0.4, 0.5) is 0 Å². The molecule has 0 aromatic heterocycles. The van der Waals surface area contributed by atoms with Gasteiger partial charge in [-0.2, -0.15) is 0 Å². The normalized spacial score (nSPS) is 25.9. The number of hydrogen-bond donors (Lipinski definition) is 1. The zero-order chi connectivity index (χ0) is 8.32. The van der Waals surface area contributed by atoms with E-state index in [9.17, 15) is 0 Å². The highest BCUT2D eigenvalue weighted by atomic mass is 15.3. The summed E-state index contributed by atoms with van der Waals surface area (Å²) in [5.74, 6) is 0. The molecule has 2 nitrogen and oxygen atoms in total. The Morgan fingerprint density at radius 1 is 1.36 bits per heavy atom. The molecule has 1 aliphatic rings. The van der Waals surface area contributed by atoms with Crippen molar-refractivity contribution in [2.24, 2.45) is 0 Å². The van der Waals surface area contributed by atoms with E-state index in [1.165, 1.54) is 32.4 Å². The van der Waals surface area contributed by atoms with E-state index in [1.54, 1.807) is 0 Å². The molecule has 0 aromatic rings. The largest absolute Gasteiger partial charge is 0.331 e. The molecule has 66 valence electrons. The second kappa shape index (κ2) is 3.55. The average Bonchev–Trinajstić information content (AvgIpc) is 2.32. The van der Waals surface area contributed by atoms with E-state index in [1.807, 2.05) is 0 Å². The maximum absolute atomic E-state index is 3.52. The van der Waals surface area contributed by atoms with Crippen molar-refractivity contribution in [2.75, 3.05) is 34.2 Å². The molecule has 1 heterocycles. The lowest BCUT2D eigenvalue weighted by molar-refractivity contribution is -0.870. The Morgan fingerprint density at radius 3 is 2.55 bits per heavy atom. The van der Waals surface area contributed by atoms with Gasteiger partial charge in [0.1, 0.15) is 0 Å². The van der Waals surface area contributed by atoms with Crippen LogP contribution >= 0.6 is 0 Å². The number of hydrogen-bond acceptors (Lipinski definition) is 1. The van der Waals surface area contributed by atoms with Crippen LogP contribution in [0.2, 0.25) is 0 Å². The topological polar surface area (TPSA) is 12.0 Å². The van der Waals surface area contributed by atoms with Gasteiger partial charge in [0.15, 0.2) is 0 Å². The van der Waals surface area contributed by atoms with Gasteiger partial charge in [-0.15, -0.1) is 0 Å². The van der Waals surface area contributed by atoms with Crippen LogP contribution in [0.25, 0.3) is 0 Å². The molecule has 0 spiro atoms. The maximum Gasteiger partial charge on any atom is 0.0795 e. The minimum atomic E-state index is 0.812. The third-order valence-electron chi connectivity index (χ3n) is 2.31. The number of nitrogens with one attached hydrogen (secondary N) is 1. The molecule has 0 saturated carbocycles. The molecular formula is C9H21N2+. The fourth-order valence-electron chi connectivity index (χ4n) is 1.55. The monoisotopic (exact) mass is 157 g/mol. The maximum atomic E-state index is 3.52. The summed E-state index contributed by atoms with van der Waals surface area (Å²) in [6, 6.07) is 0.812. The first-order valence-corrected chi connectivity index (χ1v) is 4.62. The van der Waals surface area contributed by atoms with Crippen molar-refractivity contribution in [1.82, 2.24) is 5.32 Å². The van der Waals surface area contributed by atoms with Crippen molar-refractivity contribution in [3.05, 3.63) is 0 Å². The summed E-state index contributed by atoms with van der Waals surface area (Å²) < 4.78 is 1.10. The highest BCUT2D eigenvalue weighted by Crippen LogP contribution is 2.09. The molecule has 1 aliphatic heterocycles. The van der Waals surface area contributed by atoms with Crippen LogP contribution in [0.15, 0.2) is 0 Å². The van der Waals surface area contributed by atoms with E-state index in [2.05, 4.69) is 26.5 Å². The summed E-state index contributed by atoms with van der Waals surface area (Å²) in [7, 11) is 6.78. The fourth-order valence-corrected chi connectivity index (χ4v) is 1.55. The highest BCUT2D eigenvalue weighted by Gasteiger charge is 2.17. The second-order valence-electron chi connectivity index (χ2n) is 4.60. The van der Waals surface area contributed by atoms with Gasteiger partial charge in [-0.3, -0.25) is 0 Å². The van der Waals surface area contributed by atoms with Gasteiger partial charge in [-0.1, -0.05) is 0 Å². The van der Waals surface area contributed by atoms with Crippen LogP contribution in [0.3, 0.4) is 0 Å². The molecular weight excluding hydrogens is 136 g/mol. The molecule has 1 unspecified atom stereocenters. The van der Waals surface area contributed by atoms with E-state index >= 15 is 0 Å². The van der Waals surface area contributed by atoms with E-state index in [0.717, 1.165) is 10.5 Å². The fraction of sp³-hybridized carbons (Fsp3) is 1.00. The van der Waals surface area contributed by atoms with Gasteiger partial charge in [-0.05, 0) is 19.4 Å². The summed E-state index contributed by atoms with van der Waals surface area (Å²) in [6.07, 6.45) is 4.10. The summed E-state index contributed by atoms with van der Waals surface area (Å²) in [5, 5.41) is 3.52. The minimum absolute atomic E-state index is 0.812. The van der Waals surface area contributed by atoms with Gasteiger partial charge in [0.25, 0.3) is 0 Å². The smallest absolute Gasteiger partial charge is 0.0795 e. The molecule has 1 N–H and O–H groups in total. The average molecular weight is 157 g/mol. The molecule has 1 saturated heterocycles. The molecule has 0 amide bonds. The zero-order valence-corrected chi connectivity index (χ0v) is 8.06. The SMILES string of the molecule is C[N+](C)(C)CCC1CCCN1. The highest BCUT2D eigenvalue weighted by molar-refractivity contribution is 4.73. The van der Waals surface area contributed by atoms with Crippen LogP contribution in [0.5, 0.6) is 0 Å². The standard InChI is InChI=1S/C9H21N2/c1-11(2,3)8-6-9-5-4-7-10-9/h9-10H,4-8H2,1-3H3/q+1. The second-order valence-corrected chi connectivity index (χ2v) is 4.60. The van der Waals surface area contributed by atoms with Gasteiger partial charge < -0.3 is 9.80 Å². The van der Waals surface area contributed by atoms with Crippen LogP contribution < -0.4 is 5.32 Å². The van der Waals surface area contributed by atoms with Gasteiger partial charge in [-0.25, -0.2) is 0 Å². The van der Waals surface area contributed by atoms with Crippen molar-refractivity contribution >= 4 is 0 Å². The predicted molar refractivity (Wildman–Crippen MR) is 48.5 cm³/mol. The Morgan fingerprint density at radius 2 is 2.09 bits per heavy atom. The Hall–Kier alpha value is -0.0800. The Balaban J connectivity index is 2.11. The third-order valence-corrected chi connectivity index (χ3v) is 2.31. The summed E-state index contributed by atoms with van der Waals surface area (Å²) in [5.41, 5.74) is 0. The number of nitrogens with zero attached hydrogens (tertiary/aromatic N) is 1. The minimum Gasteiger partial charge on any atom is -0.331 e. The predicted octanol–water partition coefficient (Wildman–Crippen LogP) is 0.835. The molecule has 2 heteroatoms. The van der Waals surface area contributed by atoms with Gasteiger partial charge in [0.2, 0.25) is 0 Å². The van der Waals surface area contributed by atoms with E-state index in [4.69, 9.17) is 0 Å². The van der Waals surface area contributed by atoms with Crippen molar-refractivity contribution in [1.29, 1.82) is 0 Å². The molecule has 0 bridgehead atoms. The lowest BCUT2D eigenvalue weighted by Gasteiger charge is -2.25. The number of quaternary nitrogens is 1. The van der Waals surface area contributed by atoms with Crippen LogP contribution in [-0.2, 0) is 0 Å². The molecule has 0 radical (unpaired) electrons. The number of rotatable bonds is 3. The van der Waals surface area contributed by atoms with Gasteiger partial charge in [0, 0.05) is 12.5 Å². The van der Waals surface area contributed by atoms with Gasteiger partial charge in [0.05, 0.1) is 27.7 Å². The summed E-state index contributed by atoms with van der Waals surface area (Å²) in [4.78, 5) is 0. The van der Waals surface area contributed by atoms with Crippen molar-refractivity contribution in [2.45, 2.75) is 25.3 Å². The van der Waals surface area contributed by atoms with Crippen LogP contribution in [0, 0.1) is 0 Å². The van der Waals surface area contributed by atoms with E-state index in [-0.39, 0.29) is 0 Å². The third kappa shape index (κ3) is 3.73. The lowest BCUT2D eigenvalue weighted by atomic mass is 10.1. The Bertz CT molecular complexity index is 109. The summed E-state index contributed by atoms with van der Waals surface area (Å²) >= 11 is 0. The molecule has 11 heavy (non-hydrogen) atoms. The van der Waals surface area contributed by atoms with E-state index < -0.39 is 0 Å². The Kier molecular flexibility index (Phi) is 2.90. The first kappa shape index (κ1) is 9.01. The lowest BCUT2D eigenvalue weighted by Crippen LogP contribution is -2.38. The molecule has 1 fully saturated rings. The van der Waals surface area contributed by atoms with Crippen molar-refractivity contribution in [3.8, 4) is 0 Å². The van der Waals surface area contributed by atoms with Crippen LogP contribution in [0.1, 0.15) is 19.3 Å².